The molecule has 8 nitrogen and oxygen atoms in total. The van der Waals surface area contributed by atoms with E-state index in [1.54, 1.807) is 59.5 Å². The van der Waals surface area contributed by atoms with Crippen molar-refractivity contribution in [3.05, 3.63) is 65.7 Å². The van der Waals surface area contributed by atoms with Crippen molar-refractivity contribution in [3.63, 3.8) is 0 Å². The van der Waals surface area contributed by atoms with Gasteiger partial charge in [0.2, 0.25) is 26.0 Å². The van der Waals surface area contributed by atoms with Gasteiger partial charge in [-0.25, -0.2) is 21.6 Å². The van der Waals surface area contributed by atoms with Crippen molar-refractivity contribution in [2.45, 2.75) is 24.7 Å². The Balaban J connectivity index is 1.54. The van der Waals surface area contributed by atoms with Crippen LogP contribution < -0.4 is 9.44 Å². The van der Waals surface area contributed by atoms with E-state index in [9.17, 15) is 21.6 Å². The second-order valence-corrected chi connectivity index (χ2v) is 11.8. The highest BCUT2D eigenvalue weighted by atomic mass is 32.2. The van der Waals surface area contributed by atoms with Gasteiger partial charge in [0.25, 0.3) is 0 Å². The fraction of sp³-hybridized carbons (Fsp3) is 0.348. The number of carbonyl (C=O) groups excluding carboxylic acids is 1. The van der Waals surface area contributed by atoms with Gasteiger partial charge in [0.05, 0.1) is 11.2 Å². The van der Waals surface area contributed by atoms with Gasteiger partial charge in [0.1, 0.15) is 0 Å². The van der Waals surface area contributed by atoms with Crippen molar-refractivity contribution in [2.24, 2.45) is 5.92 Å². The maximum atomic E-state index is 12.6. The number of anilines is 1. The fourth-order valence-corrected chi connectivity index (χ4v) is 5.29. The molecule has 1 aliphatic rings. The number of hydrogen-bond donors (Lipinski definition) is 2. The average Bonchev–Trinajstić information content (AvgIpc) is 2.76. The Hall–Kier alpha value is -2.69. The number of benzene rings is 2. The molecule has 33 heavy (non-hydrogen) atoms. The molecule has 0 radical (unpaired) electrons. The second kappa shape index (κ2) is 10.5. The maximum absolute atomic E-state index is 12.6. The Labute approximate surface area is 195 Å². The minimum Gasteiger partial charge on any atom is -0.339 e. The SMILES string of the molecule is Cc1ccc(S(=O)(=O)NCC2CCCN(C(=O)/C=C/c3ccc(NS(C)(=O)=O)cc3)C2)cc1. The molecular formula is C23H29N3O5S2. The summed E-state index contributed by atoms with van der Waals surface area (Å²) in [6, 6.07) is 13.4. The third-order valence-corrected chi connectivity index (χ3v) is 7.40. The van der Waals surface area contributed by atoms with Gasteiger partial charge in [-0.3, -0.25) is 9.52 Å². The van der Waals surface area contributed by atoms with Crippen LogP contribution in [0.1, 0.15) is 24.0 Å². The molecule has 1 atom stereocenters. The van der Waals surface area contributed by atoms with Crippen LogP contribution in [0.3, 0.4) is 0 Å². The first kappa shape index (κ1) is 24.9. The topological polar surface area (TPSA) is 113 Å². The van der Waals surface area contributed by atoms with Gasteiger partial charge in [-0.05, 0) is 61.6 Å². The largest absolute Gasteiger partial charge is 0.339 e. The van der Waals surface area contributed by atoms with Crippen LogP contribution in [0.15, 0.2) is 59.5 Å². The van der Waals surface area contributed by atoms with Crippen LogP contribution in [0.4, 0.5) is 5.69 Å². The molecule has 0 saturated carbocycles. The molecule has 0 aromatic heterocycles. The Morgan fingerprint density at radius 2 is 1.73 bits per heavy atom. The molecule has 0 aliphatic carbocycles. The molecular weight excluding hydrogens is 462 g/mol. The van der Waals surface area contributed by atoms with E-state index in [-0.39, 0.29) is 23.3 Å². The van der Waals surface area contributed by atoms with Gasteiger partial charge in [-0.15, -0.1) is 0 Å². The molecule has 3 rings (SSSR count). The summed E-state index contributed by atoms with van der Waals surface area (Å²) in [6.45, 7) is 3.29. The third-order valence-electron chi connectivity index (χ3n) is 5.36. The Morgan fingerprint density at radius 3 is 2.36 bits per heavy atom. The summed E-state index contributed by atoms with van der Waals surface area (Å²) in [5.41, 5.74) is 2.21. The standard InChI is InChI=1S/C23H29N3O5S2/c1-18-5-12-22(13-6-18)33(30,31)24-16-20-4-3-15-26(17-20)23(27)14-9-19-7-10-21(11-8-19)25-32(2,28)29/h5-14,20,24-25H,3-4,15-17H2,1-2H3/b14-9+. The lowest BCUT2D eigenvalue weighted by atomic mass is 9.98. The van der Waals surface area contributed by atoms with Crippen LogP contribution in [0, 0.1) is 12.8 Å². The smallest absolute Gasteiger partial charge is 0.246 e. The van der Waals surface area contributed by atoms with Gasteiger partial charge in [0, 0.05) is 31.4 Å². The predicted octanol–water partition coefficient (Wildman–Crippen LogP) is 2.60. The van der Waals surface area contributed by atoms with Crippen LogP contribution >= 0.6 is 0 Å². The van der Waals surface area contributed by atoms with Crippen molar-refractivity contribution < 1.29 is 21.6 Å². The van der Waals surface area contributed by atoms with E-state index < -0.39 is 20.0 Å². The minimum atomic E-state index is -3.59. The summed E-state index contributed by atoms with van der Waals surface area (Å²) in [4.78, 5) is 14.6. The number of piperidine rings is 1. The molecule has 2 N–H and O–H groups in total. The Morgan fingerprint density at radius 1 is 1.06 bits per heavy atom. The van der Waals surface area contributed by atoms with E-state index in [4.69, 9.17) is 0 Å². The Kier molecular flexibility index (Phi) is 7.93. The molecule has 2 aromatic rings. The number of nitrogens with one attached hydrogen (secondary N) is 2. The number of carbonyl (C=O) groups is 1. The lowest BCUT2D eigenvalue weighted by Gasteiger charge is -2.32. The molecule has 1 unspecified atom stereocenters. The quantitative estimate of drug-likeness (QED) is 0.551. The fourth-order valence-electron chi connectivity index (χ4n) is 3.61. The van der Waals surface area contributed by atoms with Gasteiger partial charge in [-0.2, -0.15) is 0 Å². The number of aryl methyl sites for hydroxylation is 1. The summed E-state index contributed by atoms with van der Waals surface area (Å²) in [7, 11) is -6.92. The Bertz CT molecular complexity index is 1210. The monoisotopic (exact) mass is 491 g/mol. The lowest BCUT2D eigenvalue weighted by molar-refractivity contribution is -0.127. The van der Waals surface area contributed by atoms with E-state index in [1.807, 2.05) is 6.92 Å². The summed E-state index contributed by atoms with van der Waals surface area (Å²) in [5.74, 6) is -0.0999. The number of likely N-dealkylation sites (tertiary alicyclic amines) is 1. The van der Waals surface area contributed by atoms with Gasteiger partial charge in [-0.1, -0.05) is 29.8 Å². The van der Waals surface area contributed by atoms with Crippen LogP contribution in [0.2, 0.25) is 0 Å². The van der Waals surface area contributed by atoms with Crippen LogP contribution in [0.5, 0.6) is 0 Å². The molecule has 178 valence electrons. The molecule has 0 bridgehead atoms. The first-order valence-electron chi connectivity index (χ1n) is 10.6. The molecule has 1 aliphatic heterocycles. The van der Waals surface area contributed by atoms with E-state index in [1.165, 1.54) is 6.08 Å². The number of nitrogens with zero attached hydrogens (tertiary/aromatic N) is 1. The number of amides is 1. The third kappa shape index (κ3) is 7.69. The molecule has 0 spiro atoms. The van der Waals surface area contributed by atoms with E-state index in [0.29, 0.717) is 18.8 Å². The first-order valence-corrected chi connectivity index (χ1v) is 14.0. The van der Waals surface area contributed by atoms with Gasteiger partial charge < -0.3 is 4.90 Å². The average molecular weight is 492 g/mol. The van der Waals surface area contributed by atoms with Crippen molar-refractivity contribution in [2.75, 3.05) is 30.6 Å². The zero-order valence-corrected chi connectivity index (χ0v) is 20.3. The molecule has 1 fully saturated rings. The van der Waals surface area contributed by atoms with Crippen LogP contribution in [-0.4, -0.2) is 53.5 Å². The van der Waals surface area contributed by atoms with E-state index in [0.717, 1.165) is 30.2 Å². The molecule has 10 heteroatoms. The van der Waals surface area contributed by atoms with E-state index >= 15 is 0 Å². The predicted molar refractivity (Wildman–Crippen MR) is 130 cm³/mol. The molecule has 1 amide bonds. The maximum Gasteiger partial charge on any atom is 0.246 e. The zero-order chi connectivity index (χ0) is 24.1. The van der Waals surface area contributed by atoms with Crippen LogP contribution in [0.25, 0.3) is 6.08 Å². The highest BCUT2D eigenvalue weighted by Gasteiger charge is 2.24. The van der Waals surface area contributed by atoms with Crippen molar-refractivity contribution in [1.82, 2.24) is 9.62 Å². The normalized spacial score (nSPS) is 17.3. The number of rotatable bonds is 8. The first-order chi connectivity index (χ1) is 15.5. The van der Waals surface area contributed by atoms with E-state index in [2.05, 4.69) is 9.44 Å². The zero-order valence-electron chi connectivity index (χ0n) is 18.7. The highest BCUT2D eigenvalue weighted by molar-refractivity contribution is 7.92. The molecule has 2 aromatic carbocycles. The highest BCUT2D eigenvalue weighted by Crippen LogP contribution is 2.18. The summed E-state index contributed by atoms with van der Waals surface area (Å²) in [5, 5.41) is 0. The summed E-state index contributed by atoms with van der Waals surface area (Å²) < 4.78 is 52.7. The van der Waals surface area contributed by atoms with Crippen molar-refractivity contribution >= 4 is 37.7 Å². The summed E-state index contributed by atoms with van der Waals surface area (Å²) in [6.07, 6.45) is 5.90. The minimum absolute atomic E-state index is 0.0395. The van der Waals surface area contributed by atoms with Crippen molar-refractivity contribution in [3.8, 4) is 0 Å². The van der Waals surface area contributed by atoms with Gasteiger partial charge in [0.15, 0.2) is 0 Å². The summed E-state index contributed by atoms with van der Waals surface area (Å²) >= 11 is 0. The number of hydrogen-bond acceptors (Lipinski definition) is 5. The van der Waals surface area contributed by atoms with Crippen LogP contribution in [-0.2, 0) is 24.8 Å². The van der Waals surface area contributed by atoms with Crippen molar-refractivity contribution in [1.29, 1.82) is 0 Å². The lowest BCUT2D eigenvalue weighted by Crippen LogP contribution is -2.43. The molecule has 1 heterocycles. The molecule has 1 saturated heterocycles. The second-order valence-electron chi connectivity index (χ2n) is 8.29. The number of sulfonamides is 2. The van der Waals surface area contributed by atoms with Gasteiger partial charge >= 0.3 is 0 Å².